The maximum absolute atomic E-state index is 12.2. The van der Waals surface area contributed by atoms with Gasteiger partial charge in [0.25, 0.3) is 0 Å². The van der Waals surface area contributed by atoms with E-state index in [-0.39, 0.29) is 18.2 Å². The number of nitrogens with two attached hydrogens (primary N) is 1. The number of nitrogens with zero attached hydrogens (tertiary/aromatic N) is 1. The molecule has 5 heteroatoms. The van der Waals surface area contributed by atoms with Crippen LogP contribution in [0.5, 0.6) is 0 Å². The summed E-state index contributed by atoms with van der Waals surface area (Å²) in [6.45, 7) is 0.812. The number of fused-ring (bicyclic) bond motifs is 1. The van der Waals surface area contributed by atoms with E-state index in [4.69, 9.17) is 10.5 Å². The molecule has 2 aromatic carbocycles. The first-order valence-corrected chi connectivity index (χ1v) is 8.03. The summed E-state index contributed by atoms with van der Waals surface area (Å²) in [5.74, 6) is 0. The van der Waals surface area contributed by atoms with Crippen molar-refractivity contribution in [1.29, 1.82) is 0 Å². The lowest BCUT2D eigenvalue weighted by Gasteiger charge is -2.26. The topological polar surface area (TPSA) is 71.4 Å². The molecule has 2 atom stereocenters. The first kappa shape index (κ1) is 14.8. The Balaban J connectivity index is 1.63. The Hall–Kier alpha value is -2.79. The van der Waals surface area contributed by atoms with E-state index in [0.29, 0.717) is 13.2 Å². The average Bonchev–Trinajstić information content (AvgIpc) is 3.20. The molecule has 0 unspecified atom stereocenters. The van der Waals surface area contributed by atoms with Crippen LogP contribution in [0.1, 0.15) is 17.2 Å². The molecule has 0 bridgehead atoms. The van der Waals surface area contributed by atoms with Gasteiger partial charge in [0.2, 0.25) is 0 Å². The number of aromatic amines is 1. The highest BCUT2D eigenvalue weighted by Gasteiger charge is 2.38. The molecule has 1 aromatic heterocycles. The van der Waals surface area contributed by atoms with Crippen LogP contribution in [0.4, 0.5) is 4.79 Å². The van der Waals surface area contributed by atoms with E-state index in [1.165, 1.54) is 0 Å². The number of rotatable bonds is 4. The third kappa shape index (κ3) is 2.53. The summed E-state index contributed by atoms with van der Waals surface area (Å²) in [5, 5.41) is 1.09. The number of aromatic nitrogens is 1. The van der Waals surface area contributed by atoms with Crippen molar-refractivity contribution < 1.29 is 9.53 Å². The lowest BCUT2D eigenvalue weighted by Crippen LogP contribution is -2.40. The molecule has 1 aliphatic rings. The molecule has 0 radical (unpaired) electrons. The molecule has 3 N–H and O–H groups in total. The largest absolute Gasteiger partial charge is 0.447 e. The standard InChI is InChI=1S/C19H19N3O2/c20-18(15-10-21-16-9-5-4-8-14(15)16)17-12-24-19(23)22(17)11-13-6-2-1-3-7-13/h1-10,17-18,21H,11-12,20H2/t17-,18-/m1/s1. The van der Waals surface area contributed by atoms with Crippen LogP contribution in [0.15, 0.2) is 60.8 Å². The monoisotopic (exact) mass is 321 g/mol. The van der Waals surface area contributed by atoms with Crippen LogP contribution >= 0.6 is 0 Å². The van der Waals surface area contributed by atoms with Crippen LogP contribution < -0.4 is 5.73 Å². The summed E-state index contributed by atoms with van der Waals surface area (Å²) in [7, 11) is 0. The Morgan fingerprint density at radius 3 is 2.75 bits per heavy atom. The first-order valence-electron chi connectivity index (χ1n) is 8.03. The smallest absolute Gasteiger partial charge is 0.410 e. The molecule has 2 heterocycles. The maximum atomic E-state index is 12.2. The minimum absolute atomic E-state index is 0.183. The second kappa shape index (κ2) is 6.02. The predicted molar refractivity (Wildman–Crippen MR) is 92.3 cm³/mol. The lowest BCUT2D eigenvalue weighted by atomic mass is 9.99. The first-order chi connectivity index (χ1) is 11.7. The zero-order valence-electron chi connectivity index (χ0n) is 13.2. The Labute approximate surface area is 140 Å². The third-order valence-corrected chi connectivity index (χ3v) is 4.60. The van der Waals surface area contributed by atoms with Crippen LogP contribution in [0.3, 0.4) is 0 Å². The van der Waals surface area contributed by atoms with Gasteiger partial charge in [-0.3, -0.25) is 4.90 Å². The minimum atomic E-state index is -0.309. The zero-order valence-corrected chi connectivity index (χ0v) is 13.2. The van der Waals surface area contributed by atoms with Gasteiger partial charge in [0.05, 0.1) is 12.1 Å². The highest BCUT2D eigenvalue weighted by Crippen LogP contribution is 2.30. The highest BCUT2D eigenvalue weighted by atomic mass is 16.6. The molecule has 0 aliphatic carbocycles. The van der Waals surface area contributed by atoms with E-state index >= 15 is 0 Å². The predicted octanol–water partition coefficient (Wildman–Crippen LogP) is 3.19. The van der Waals surface area contributed by atoms with Crippen molar-refractivity contribution in [2.75, 3.05) is 6.61 Å². The minimum Gasteiger partial charge on any atom is -0.447 e. The van der Waals surface area contributed by atoms with E-state index < -0.39 is 0 Å². The molecule has 1 fully saturated rings. The maximum Gasteiger partial charge on any atom is 0.410 e. The Morgan fingerprint density at radius 2 is 1.92 bits per heavy atom. The van der Waals surface area contributed by atoms with Crippen molar-refractivity contribution >= 4 is 17.0 Å². The number of hydrogen-bond donors (Lipinski definition) is 2. The van der Waals surface area contributed by atoms with Crippen molar-refractivity contribution in [2.24, 2.45) is 5.73 Å². The number of H-pyrrole nitrogens is 1. The molecule has 24 heavy (non-hydrogen) atoms. The molecule has 0 spiro atoms. The number of ether oxygens (including phenoxy) is 1. The van der Waals surface area contributed by atoms with E-state index in [1.807, 2.05) is 60.8 Å². The van der Waals surface area contributed by atoms with Gasteiger partial charge >= 0.3 is 6.09 Å². The summed E-state index contributed by atoms with van der Waals surface area (Å²) in [4.78, 5) is 17.1. The molecule has 0 saturated carbocycles. The van der Waals surface area contributed by atoms with Crippen LogP contribution in [0.2, 0.25) is 0 Å². The lowest BCUT2D eigenvalue weighted by molar-refractivity contribution is 0.155. The number of cyclic esters (lactones) is 1. The number of nitrogens with one attached hydrogen (secondary N) is 1. The van der Waals surface area contributed by atoms with Gasteiger partial charge in [-0.25, -0.2) is 4.79 Å². The SMILES string of the molecule is N[C@H](c1c[nH]c2ccccc12)[C@H]1COC(=O)N1Cc1ccccc1. The van der Waals surface area contributed by atoms with Gasteiger partial charge in [-0.1, -0.05) is 48.5 Å². The van der Waals surface area contributed by atoms with E-state index in [9.17, 15) is 4.79 Å². The summed E-state index contributed by atoms with van der Waals surface area (Å²) < 4.78 is 5.28. The van der Waals surface area contributed by atoms with Gasteiger partial charge in [-0.05, 0) is 17.2 Å². The average molecular weight is 321 g/mol. The van der Waals surface area contributed by atoms with Crippen molar-refractivity contribution in [3.8, 4) is 0 Å². The number of carbonyl (C=O) groups excluding carboxylic acids is 1. The van der Waals surface area contributed by atoms with Crippen molar-refractivity contribution in [3.05, 3.63) is 71.9 Å². The highest BCUT2D eigenvalue weighted by molar-refractivity contribution is 5.83. The second-order valence-electron chi connectivity index (χ2n) is 6.07. The normalized spacial score (nSPS) is 18.8. The Kier molecular flexibility index (Phi) is 3.70. The van der Waals surface area contributed by atoms with Crippen molar-refractivity contribution in [3.63, 3.8) is 0 Å². The summed E-state index contributed by atoms with van der Waals surface area (Å²) in [6.07, 6.45) is 1.62. The molecular weight excluding hydrogens is 302 g/mol. The van der Waals surface area contributed by atoms with E-state index in [2.05, 4.69) is 4.98 Å². The van der Waals surface area contributed by atoms with Gasteiger partial charge in [-0.15, -0.1) is 0 Å². The fourth-order valence-corrected chi connectivity index (χ4v) is 3.30. The summed E-state index contributed by atoms with van der Waals surface area (Å²) in [6, 6.07) is 17.4. The van der Waals surface area contributed by atoms with Crippen LogP contribution in [0.25, 0.3) is 10.9 Å². The Morgan fingerprint density at radius 1 is 1.17 bits per heavy atom. The molecule has 1 aliphatic heterocycles. The molecule has 3 aromatic rings. The molecule has 4 rings (SSSR count). The second-order valence-corrected chi connectivity index (χ2v) is 6.07. The van der Waals surface area contributed by atoms with Gasteiger partial charge in [0, 0.05) is 23.6 Å². The van der Waals surface area contributed by atoms with Crippen molar-refractivity contribution in [2.45, 2.75) is 18.6 Å². The summed E-state index contributed by atoms with van der Waals surface area (Å²) in [5.41, 5.74) is 9.64. The number of amides is 1. The molecule has 1 amide bonds. The van der Waals surface area contributed by atoms with Gasteiger partial charge < -0.3 is 15.5 Å². The van der Waals surface area contributed by atoms with E-state index in [0.717, 1.165) is 22.0 Å². The number of benzene rings is 2. The van der Waals surface area contributed by atoms with E-state index in [1.54, 1.807) is 4.90 Å². The molecule has 1 saturated heterocycles. The summed E-state index contributed by atoms with van der Waals surface area (Å²) >= 11 is 0. The number of para-hydroxylation sites is 1. The van der Waals surface area contributed by atoms with Crippen LogP contribution in [0, 0.1) is 0 Å². The molecule has 122 valence electrons. The van der Waals surface area contributed by atoms with Crippen LogP contribution in [-0.2, 0) is 11.3 Å². The fraction of sp³-hybridized carbons (Fsp3) is 0.211. The third-order valence-electron chi connectivity index (χ3n) is 4.60. The Bertz CT molecular complexity index is 859. The van der Waals surface area contributed by atoms with Gasteiger partial charge in [0.1, 0.15) is 6.61 Å². The van der Waals surface area contributed by atoms with Crippen molar-refractivity contribution in [1.82, 2.24) is 9.88 Å². The zero-order chi connectivity index (χ0) is 16.5. The van der Waals surface area contributed by atoms with Gasteiger partial charge in [-0.2, -0.15) is 0 Å². The molecular formula is C19H19N3O2. The van der Waals surface area contributed by atoms with Gasteiger partial charge in [0.15, 0.2) is 0 Å². The quantitative estimate of drug-likeness (QED) is 0.775. The molecule has 5 nitrogen and oxygen atoms in total. The fourth-order valence-electron chi connectivity index (χ4n) is 3.30. The number of hydrogen-bond acceptors (Lipinski definition) is 3. The van der Waals surface area contributed by atoms with Crippen LogP contribution in [-0.4, -0.2) is 28.6 Å². The number of carbonyl (C=O) groups is 1.